The Morgan fingerprint density at radius 3 is 2.66 bits per heavy atom. The molecule has 0 radical (unpaired) electrons. The zero-order valence-electron chi connectivity index (χ0n) is 16.7. The van der Waals surface area contributed by atoms with E-state index in [4.69, 9.17) is 4.74 Å². The summed E-state index contributed by atoms with van der Waals surface area (Å²) in [6.07, 6.45) is 3.03. The smallest absolute Gasteiger partial charge is 0.233 e. The minimum absolute atomic E-state index is 0.0445. The Labute approximate surface area is 178 Å². The van der Waals surface area contributed by atoms with Crippen molar-refractivity contribution in [2.24, 2.45) is 5.41 Å². The van der Waals surface area contributed by atoms with Crippen LogP contribution >= 0.6 is 15.9 Å². The number of aromatic nitrogens is 1. The van der Waals surface area contributed by atoms with E-state index in [-0.39, 0.29) is 29.4 Å². The summed E-state index contributed by atoms with van der Waals surface area (Å²) in [6.45, 7) is 4.14. The first-order valence-electron chi connectivity index (χ1n) is 9.64. The maximum absolute atomic E-state index is 13.3. The van der Waals surface area contributed by atoms with Crippen LogP contribution in [0, 0.1) is 5.41 Å². The number of ketones is 1. The van der Waals surface area contributed by atoms with Gasteiger partial charge in [-0.3, -0.25) is 14.5 Å². The van der Waals surface area contributed by atoms with Gasteiger partial charge in [-0.1, -0.05) is 26.0 Å². The number of hydrogen-bond donors (Lipinski definition) is 0. The summed E-state index contributed by atoms with van der Waals surface area (Å²) >= 11 is 3.39. The molecule has 1 unspecified atom stereocenters. The average molecular weight is 455 g/mol. The number of benzene rings is 1. The van der Waals surface area contributed by atoms with Gasteiger partial charge in [-0.25, -0.2) is 4.98 Å². The third kappa shape index (κ3) is 3.73. The van der Waals surface area contributed by atoms with E-state index in [1.54, 1.807) is 18.2 Å². The number of carbonyl (C=O) groups is 2. The summed E-state index contributed by atoms with van der Waals surface area (Å²) in [5.74, 6) is 1.08. The van der Waals surface area contributed by atoms with Gasteiger partial charge in [-0.2, -0.15) is 0 Å². The molecule has 6 heteroatoms. The van der Waals surface area contributed by atoms with Crippen molar-refractivity contribution in [1.29, 1.82) is 0 Å². The van der Waals surface area contributed by atoms with Gasteiger partial charge >= 0.3 is 0 Å². The van der Waals surface area contributed by atoms with Gasteiger partial charge in [0.2, 0.25) is 5.91 Å². The van der Waals surface area contributed by atoms with Gasteiger partial charge in [-0.15, -0.1) is 0 Å². The number of carbonyl (C=O) groups excluding carboxylic acids is 2. The molecule has 150 valence electrons. The van der Waals surface area contributed by atoms with Crippen molar-refractivity contribution >= 4 is 33.4 Å². The molecule has 1 amide bonds. The van der Waals surface area contributed by atoms with Crippen LogP contribution in [0.3, 0.4) is 0 Å². The first kappa shape index (κ1) is 19.8. The number of amides is 1. The van der Waals surface area contributed by atoms with Crippen LogP contribution in [0.25, 0.3) is 0 Å². The third-order valence-corrected chi connectivity index (χ3v) is 6.05. The van der Waals surface area contributed by atoms with Crippen LogP contribution < -0.4 is 9.64 Å². The first-order valence-corrected chi connectivity index (χ1v) is 10.4. The molecule has 1 aromatic heterocycles. The zero-order valence-corrected chi connectivity index (χ0v) is 18.3. The number of ether oxygens (including phenoxy) is 1. The maximum atomic E-state index is 13.3. The number of Topliss-reactive ketones (excluding diaryl/α,β-unsaturated/α-hetero) is 1. The quantitative estimate of drug-likeness (QED) is 0.653. The molecule has 0 saturated carbocycles. The third-order valence-electron chi connectivity index (χ3n) is 5.58. The standard InChI is InChI=1S/C23H23BrN2O3/c1-23(2)11-18-22(19(27)12-23)17(14-5-4-6-16(9-14)29-3)10-21(28)26(18)20-8-7-15(24)13-25-20/h4-9,13,17H,10-12H2,1-3H3. The van der Waals surface area contributed by atoms with Crippen molar-refractivity contribution in [2.75, 3.05) is 12.0 Å². The lowest BCUT2D eigenvalue weighted by molar-refractivity contribution is -0.121. The van der Waals surface area contributed by atoms with Gasteiger partial charge in [0, 0.05) is 40.7 Å². The molecule has 0 spiro atoms. The van der Waals surface area contributed by atoms with E-state index in [1.807, 2.05) is 36.4 Å². The first-order chi connectivity index (χ1) is 13.8. The molecule has 2 heterocycles. The molecule has 5 nitrogen and oxygen atoms in total. The normalized spacial score (nSPS) is 21.2. The Morgan fingerprint density at radius 1 is 1.17 bits per heavy atom. The average Bonchev–Trinajstić information content (AvgIpc) is 2.67. The van der Waals surface area contributed by atoms with E-state index in [1.165, 1.54) is 0 Å². The van der Waals surface area contributed by atoms with Crippen LogP contribution in [0.2, 0.25) is 0 Å². The highest BCUT2D eigenvalue weighted by molar-refractivity contribution is 9.10. The fourth-order valence-corrected chi connectivity index (χ4v) is 4.56. The minimum Gasteiger partial charge on any atom is -0.497 e. The second-order valence-electron chi connectivity index (χ2n) is 8.40. The van der Waals surface area contributed by atoms with Crippen molar-refractivity contribution < 1.29 is 14.3 Å². The minimum atomic E-state index is -0.261. The highest BCUT2D eigenvalue weighted by Gasteiger charge is 2.44. The lowest BCUT2D eigenvalue weighted by Crippen LogP contribution is -2.44. The molecule has 29 heavy (non-hydrogen) atoms. The lowest BCUT2D eigenvalue weighted by atomic mass is 9.69. The summed E-state index contributed by atoms with van der Waals surface area (Å²) in [5.41, 5.74) is 2.24. The molecule has 1 aliphatic carbocycles. The van der Waals surface area contributed by atoms with Crippen LogP contribution in [-0.2, 0) is 9.59 Å². The highest BCUT2D eigenvalue weighted by Crippen LogP contribution is 2.48. The molecule has 1 aliphatic heterocycles. The highest BCUT2D eigenvalue weighted by atomic mass is 79.9. The predicted octanol–water partition coefficient (Wildman–Crippen LogP) is 5.02. The molecule has 1 aromatic carbocycles. The van der Waals surface area contributed by atoms with E-state index >= 15 is 0 Å². The number of allylic oxidation sites excluding steroid dienone is 2. The number of methoxy groups -OCH3 is 1. The number of nitrogens with zero attached hydrogens (tertiary/aromatic N) is 2. The van der Waals surface area contributed by atoms with Crippen molar-refractivity contribution in [3.05, 3.63) is 63.9 Å². The Balaban J connectivity index is 1.88. The number of anilines is 1. The maximum Gasteiger partial charge on any atom is 0.233 e. The van der Waals surface area contributed by atoms with E-state index in [0.29, 0.717) is 18.7 Å². The van der Waals surface area contributed by atoms with Crippen molar-refractivity contribution in [3.8, 4) is 5.75 Å². The van der Waals surface area contributed by atoms with Crippen LogP contribution in [0.1, 0.15) is 44.6 Å². The van der Waals surface area contributed by atoms with E-state index < -0.39 is 0 Å². The summed E-state index contributed by atoms with van der Waals surface area (Å²) in [4.78, 5) is 32.6. The molecular weight excluding hydrogens is 432 g/mol. The molecule has 2 aromatic rings. The predicted molar refractivity (Wildman–Crippen MR) is 115 cm³/mol. The van der Waals surface area contributed by atoms with Gasteiger partial charge in [0.25, 0.3) is 0 Å². The van der Waals surface area contributed by atoms with Crippen LogP contribution in [-0.4, -0.2) is 23.8 Å². The van der Waals surface area contributed by atoms with Gasteiger partial charge in [0.15, 0.2) is 5.78 Å². The zero-order chi connectivity index (χ0) is 20.8. The van der Waals surface area contributed by atoms with Crippen LogP contribution in [0.4, 0.5) is 5.82 Å². The van der Waals surface area contributed by atoms with Gasteiger partial charge < -0.3 is 4.74 Å². The Morgan fingerprint density at radius 2 is 1.97 bits per heavy atom. The fraction of sp³-hybridized carbons (Fsp3) is 0.348. The summed E-state index contributed by atoms with van der Waals surface area (Å²) < 4.78 is 6.20. The Kier molecular flexibility index (Phi) is 5.07. The molecule has 2 aliphatic rings. The van der Waals surface area contributed by atoms with Crippen LogP contribution in [0.15, 0.2) is 58.3 Å². The Hall–Kier alpha value is -2.47. The van der Waals surface area contributed by atoms with E-state index in [0.717, 1.165) is 27.1 Å². The Bertz CT molecular complexity index is 1010. The number of rotatable bonds is 3. The summed E-state index contributed by atoms with van der Waals surface area (Å²) in [5, 5.41) is 0. The molecule has 0 fully saturated rings. The second-order valence-corrected chi connectivity index (χ2v) is 9.31. The van der Waals surface area contributed by atoms with Crippen molar-refractivity contribution in [2.45, 2.75) is 39.0 Å². The monoisotopic (exact) mass is 454 g/mol. The van der Waals surface area contributed by atoms with E-state index in [2.05, 4.69) is 34.8 Å². The number of halogens is 1. The van der Waals surface area contributed by atoms with Gasteiger partial charge in [-0.05, 0) is 57.6 Å². The summed E-state index contributed by atoms with van der Waals surface area (Å²) in [6, 6.07) is 11.3. The SMILES string of the molecule is COc1cccc(C2CC(=O)N(c3ccc(Br)cn3)C3=C2C(=O)CC(C)(C)C3)c1. The number of hydrogen-bond acceptors (Lipinski definition) is 4. The van der Waals surface area contributed by atoms with Crippen molar-refractivity contribution in [3.63, 3.8) is 0 Å². The molecule has 0 N–H and O–H groups in total. The molecular formula is C23H23BrN2O3. The molecule has 1 atom stereocenters. The fourth-order valence-electron chi connectivity index (χ4n) is 4.32. The topological polar surface area (TPSA) is 59.5 Å². The van der Waals surface area contributed by atoms with Gasteiger partial charge in [0.05, 0.1) is 7.11 Å². The lowest BCUT2D eigenvalue weighted by Gasteiger charge is -2.42. The van der Waals surface area contributed by atoms with Crippen LogP contribution in [0.5, 0.6) is 5.75 Å². The van der Waals surface area contributed by atoms with E-state index in [9.17, 15) is 9.59 Å². The molecule has 0 saturated heterocycles. The number of pyridine rings is 1. The largest absolute Gasteiger partial charge is 0.497 e. The molecule has 4 rings (SSSR count). The van der Waals surface area contributed by atoms with Gasteiger partial charge in [0.1, 0.15) is 11.6 Å². The summed E-state index contributed by atoms with van der Waals surface area (Å²) in [7, 11) is 1.62. The van der Waals surface area contributed by atoms with Crippen molar-refractivity contribution in [1.82, 2.24) is 4.98 Å². The second kappa shape index (κ2) is 7.41. The molecule has 0 bridgehead atoms.